The van der Waals surface area contributed by atoms with Gasteiger partial charge in [-0.15, -0.1) is 6.42 Å². The zero-order valence-corrected chi connectivity index (χ0v) is 27.5. The third kappa shape index (κ3) is 5.62. The maximum atomic E-state index is 6.03. The van der Waals surface area contributed by atoms with Gasteiger partial charge in [0, 0.05) is 11.5 Å². The first-order valence-corrected chi connectivity index (χ1v) is 16.9. The second kappa shape index (κ2) is 13.2. The molecular weight excluding hydrogens is 595 g/mol. The number of hydrogen-bond acceptors (Lipinski definition) is 3. The van der Waals surface area contributed by atoms with Crippen LogP contribution in [0, 0.1) is 12.3 Å². The highest BCUT2D eigenvalue weighted by Gasteiger charge is 2.22. The number of aromatic nitrogens is 3. The Hall–Kier alpha value is -6.11. The maximum absolute atomic E-state index is 6.03. The van der Waals surface area contributed by atoms with Crippen LogP contribution in [0.15, 0.2) is 157 Å². The fourth-order valence-corrected chi connectivity index (χ4v) is 7.43. The van der Waals surface area contributed by atoms with E-state index in [0.29, 0.717) is 5.82 Å². The van der Waals surface area contributed by atoms with Crippen molar-refractivity contribution in [3.05, 3.63) is 174 Å². The monoisotopic (exact) mass is 629 g/mol. The number of terminal acetylenes is 1. The molecule has 2 aliphatic carbocycles. The summed E-state index contributed by atoms with van der Waals surface area (Å²) < 4.78 is 0. The molecule has 0 fully saturated rings. The van der Waals surface area contributed by atoms with E-state index in [4.69, 9.17) is 16.4 Å². The minimum Gasteiger partial charge on any atom is -0.221 e. The lowest BCUT2D eigenvalue weighted by atomic mass is 9.86. The van der Waals surface area contributed by atoms with Crippen LogP contribution >= 0.6 is 0 Å². The van der Waals surface area contributed by atoms with Gasteiger partial charge < -0.3 is 0 Å². The molecule has 6 aromatic rings. The molecule has 3 nitrogen and oxygen atoms in total. The Morgan fingerprint density at radius 2 is 1.45 bits per heavy atom. The van der Waals surface area contributed by atoms with E-state index in [9.17, 15) is 0 Å². The van der Waals surface area contributed by atoms with Gasteiger partial charge in [0.25, 0.3) is 0 Å². The number of rotatable bonds is 6. The molecule has 0 bridgehead atoms. The summed E-state index contributed by atoms with van der Waals surface area (Å²) in [4.78, 5) is 14.4. The van der Waals surface area contributed by atoms with Crippen LogP contribution in [0.4, 0.5) is 0 Å². The maximum Gasteiger partial charge on any atom is 0.163 e. The summed E-state index contributed by atoms with van der Waals surface area (Å²) in [6.45, 7) is 2.07. The Labute approximate surface area is 287 Å². The van der Waals surface area contributed by atoms with Gasteiger partial charge in [-0.3, -0.25) is 0 Å². The van der Waals surface area contributed by atoms with E-state index in [-0.39, 0.29) is 5.92 Å². The summed E-state index contributed by atoms with van der Waals surface area (Å²) in [6, 6.07) is 32.4. The lowest BCUT2D eigenvalue weighted by molar-refractivity contribution is 0.733. The summed E-state index contributed by atoms with van der Waals surface area (Å²) in [5.41, 5.74) is 7.75. The standard InChI is InChI=1S/C46H35N3/c1-3-15-36(35(4-2)33-26-27-42-39-22-9-8-20-37(39)38-21-10-11-24-41(38)44(42)29-33)40-23-12-13-25-43(40)46-48-30-47-45(49-46)34-19-14-18-32(28-34)31-16-6-5-7-17-31/h1,4-6,8-16,18-27,29-30,34H,7,17,28H2,2H3/b35-4-,36-15+. The number of hydrogen-bond donors (Lipinski definition) is 0. The van der Waals surface area contributed by atoms with Crippen molar-refractivity contribution in [1.82, 2.24) is 15.0 Å². The number of benzene rings is 5. The molecule has 1 aromatic heterocycles. The van der Waals surface area contributed by atoms with Crippen molar-refractivity contribution in [2.75, 3.05) is 0 Å². The van der Waals surface area contributed by atoms with Gasteiger partial charge in [0.2, 0.25) is 0 Å². The molecule has 0 radical (unpaired) electrons. The third-order valence-corrected chi connectivity index (χ3v) is 9.75. The molecule has 1 atom stereocenters. The molecule has 0 amide bonds. The summed E-state index contributed by atoms with van der Waals surface area (Å²) in [5, 5.41) is 7.46. The van der Waals surface area contributed by atoms with E-state index in [1.54, 1.807) is 6.33 Å². The van der Waals surface area contributed by atoms with Crippen LogP contribution in [-0.4, -0.2) is 15.0 Å². The van der Waals surface area contributed by atoms with Crippen molar-refractivity contribution in [3.8, 4) is 23.7 Å². The minimum absolute atomic E-state index is 0.0797. The predicted octanol–water partition coefficient (Wildman–Crippen LogP) is 11.4. The average molecular weight is 630 g/mol. The second-order valence-electron chi connectivity index (χ2n) is 12.5. The zero-order valence-electron chi connectivity index (χ0n) is 27.5. The molecular formula is C46H35N3. The van der Waals surface area contributed by atoms with Gasteiger partial charge in [0.15, 0.2) is 5.82 Å². The highest BCUT2D eigenvalue weighted by Crippen LogP contribution is 2.41. The SMILES string of the molecule is C#C/C=C(\C(=C/C)c1ccc2c3ccccc3c3ccccc3c2c1)c1ccccc1-c1ncnc(C2C=CC=C(C3=CC=CCC3)C2)n1. The largest absolute Gasteiger partial charge is 0.221 e. The highest BCUT2D eigenvalue weighted by atomic mass is 15.0. The lowest BCUT2D eigenvalue weighted by Crippen LogP contribution is -2.09. The molecule has 0 N–H and O–H groups in total. The van der Waals surface area contributed by atoms with Crippen LogP contribution in [0.3, 0.4) is 0 Å². The predicted molar refractivity (Wildman–Crippen MR) is 206 cm³/mol. The van der Waals surface area contributed by atoms with Crippen LogP contribution in [0.5, 0.6) is 0 Å². The van der Waals surface area contributed by atoms with Gasteiger partial charge in [-0.25, -0.2) is 15.0 Å². The van der Waals surface area contributed by atoms with Crippen molar-refractivity contribution < 1.29 is 0 Å². The van der Waals surface area contributed by atoms with Crippen LogP contribution in [-0.2, 0) is 0 Å². The smallest absolute Gasteiger partial charge is 0.163 e. The quantitative estimate of drug-likeness (QED) is 0.105. The molecule has 0 aliphatic heterocycles. The van der Waals surface area contributed by atoms with Crippen LogP contribution in [0.25, 0.3) is 54.9 Å². The van der Waals surface area contributed by atoms with Crippen LogP contribution < -0.4 is 0 Å². The first kappa shape index (κ1) is 30.2. The zero-order chi connectivity index (χ0) is 33.2. The fraction of sp³-hybridized carbons (Fsp3) is 0.109. The Morgan fingerprint density at radius 3 is 2.16 bits per heavy atom. The summed E-state index contributed by atoms with van der Waals surface area (Å²) in [5.74, 6) is 4.33. The summed E-state index contributed by atoms with van der Waals surface area (Å²) in [7, 11) is 0. The lowest BCUT2D eigenvalue weighted by Gasteiger charge is -2.21. The molecule has 8 rings (SSSR count). The van der Waals surface area contributed by atoms with Gasteiger partial charge in [-0.1, -0.05) is 133 Å². The van der Waals surface area contributed by atoms with Crippen molar-refractivity contribution in [2.24, 2.45) is 0 Å². The van der Waals surface area contributed by atoms with Gasteiger partial charge in [-0.2, -0.15) is 0 Å². The Balaban J connectivity index is 1.20. The van der Waals surface area contributed by atoms with Crippen LogP contribution in [0.2, 0.25) is 0 Å². The van der Waals surface area contributed by atoms with E-state index in [2.05, 4.69) is 139 Å². The second-order valence-corrected chi connectivity index (χ2v) is 12.5. The third-order valence-electron chi connectivity index (χ3n) is 9.75. The van der Waals surface area contributed by atoms with Crippen molar-refractivity contribution in [1.29, 1.82) is 0 Å². The Kier molecular flexibility index (Phi) is 8.14. The molecule has 0 saturated heterocycles. The molecule has 1 unspecified atom stereocenters. The van der Waals surface area contributed by atoms with E-state index in [0.717, 1.165) is 52.9 Å². The van der Waals surface area contributed by atoms with Crippen molar-refractivity contribution >= 4 is 43.5 Å². The molecule has 49 heavy (non-hydrogen) atoms. The first-order valence-electron chi connectivity index (χ1n) is 16.9. The minimum atomic E-state index is 0.0797. The summed E-state index contributed by atoms with van der Waals surface area (Å²) >= 11 is 0. The van der Waals surface area contributed by atoms with Gasteiger partial charge in [0.1, 0.15) is 12.2 Å². The molecule has 5 aromatic carbocycles. The van der Waals surface area contributed by atoms with Gasteiger partial charge in [-0.05, 0) is 104 Å². The van der Waals surface area contributed by atoms with Gasteiger partial charge >= 0.3 is 0 Å². The molecule has 1 heterocycles. The molecule has 3 heteroatoms. The highest BCUT2D eigenvalue weighted by molar-refractivity contribution is 6.26. The van der Waals surface area contributed by atoms with Crippen molar-refractivity contribution in [3.63, 3.8) is 0 Å². The van der Waals surface area contributed by atoms with E-state index in [1.165, 1.54) is 43.5 Å². The Morgan fingerprint density at radius 1 is 0.755 bits per heavy atom. The van der Waals surface area contributed by atoms with Gasteiger partial charge in [0.05, 0.1) is 0 Å². The van der Waals surface area contributed by atoms with E-state index >= 15 is 0 Å². The van der Waals surface area contributed by atoms with E-state index in [1.807, 2.05) is 18.2 Å². The molecule has 0 saturated carbocycles. The fourth-order valence-electron chi connectivity index (χ4n) is 7.43. The molecule has 234 valence electrons. The number of fused-ring (bicyclic) bond motifs is 6. The number of allylic oxidation sites excluding steroid dienone is 12. The first-order chi connectivity index (χ1) is 24.2. The normalized spacial score (nSPS) is 16.5. The van der Waals surface area contributed by atoms with E-state index < -0.39 is 0 Å². The van der Waals surface area contributed by atoms with Crippen molar-refractivity contribution in [2.45, 2.75) is 32.1 Å². The van der Waals surface area contributed by atoms with Crippen LogP contribution in [0.1, 0.15) is 49.1 Å². The summed E-state index contributed by atoms with van der Waals surface area (Å²) in [6.07, 6.45) is 27.9. The topological polar surface area (TPSA) is 38.7 Å². The number of nitrogens with zero attached hydrogens (tertiary/aromatic N) is 3. The Bertz CT molecular complexity index is 2460. The molecule has 0 spiro atoms. The molecule has 2 aliphatic rings. The average Bonchev–Trinajstić information content (AvgIpc) is 3.18.